The van der Waals surface area contributed by atoms with Crippen molar-refractivity contribution in [3.8, 4) is 0 Å². The highest BCUT2D eigenvalue weighted by atomic mass is 32.2. The van der Waals surface area contributed by atoms with Gasteiger partial charge in [0, 0.05) is 13.1 Å². The van der Waals surface area contributed by atoms with Crippen LogP contribution in [-0.4, -0.2) is 41.9 Å². The van der Waals surface area contributed by atoms with Crippen LogP contribution in [0.4, 0.5) is 0 Å². The fourth-order valence-electron chi connectivity index (χ4n) is 2.80. The Hall–Kier alpha value is -1.89. The Kier molecular flexibility index (Phi) is 4.15. The molecule has 0 radical (unpaired) electrons. The molecule has 0 aliphatic carbocycles. The van der Waals surface area contributed by atoms with Crippen LogP contribution >= 0.6 is 0 Å². The standard InChI is InChI=1S/C15H19N3O3S/c19-15(12-6-9-22(20,21)10-12)16-7-3-8-18-11-17-13-4-1-2-5-14(13)18/h1-2,4-5,11-12H,3,6-10H2,(H,16,19). The summed E-state index contributed by atoms with van der Waals surface area (Å²) in [5, 5.41) is 2.84. The van der Waals surface area contributed by atoms with Gasteiger partial charge in [-0.2, -0.15) is 0 Å². The molecule has 22 heavy (non-hydrogen) atoms. The van der Waals surface area contributed by atoms with Gasteiger partial charge in [-0.3, -0.25) is 4.79 Å². The SMILES string of the molecule is O=C(NCCCn1cnc2ccccc21)C1CCS(=O)(=O)C1. The summed E-state index contributed by atoms with van der Waals surface area (Å²) >= 11 is 0. The molecule has 118 valence electrons. The predicted molar refractivity (Wildman–Crippen MR) is 84.1 cm³/mol. The molecule has 1 atom stereocenters. The highest BCUT2D eigenvalue weighted by molar-refractivity contribution is 7.91. The number of fused-ring (bicyclic) bond motifs is 1. The third kappa shape index (κ3) is 3.30. The number of hydrogen-bond donors (Lipinski definition) is 1. The Labute approximate surface area is 129 Å². The number of nitrogens with one attached hydrogen (secondary N) is 1. The zero-order valence-electron chi connectivity index (χ0n) is 12.2. The van der Waals surface area contributed by atoms with Crippen LogP contribution in [-0.2, 0) is 21.2 Å². The molecule has 1 unspecified atom stereocenters. The minimum atomic E-state index is -3.00. The van der Waals surface area contributed by atoms with Gasteiger partial charge in [-0.05, 0) is 25.0 Å². The molecular weight excluding hydrogens is 302 g/mol. The number of hydrogen-bond acceptors (Lipinski definition) is 4. The number of carbonyl (C=O) groups excluding carboxylic acids is 1. The van der Waals surface area contributed by atoms with E-state index in [1.54, 1.807) is 6.33 Å². The fraction of sp³-hybridized carbons (Fsp3) is 0.467. The molecule has 0 saturated carbocycles. The van der Waals surface area contributed by atoms with Crippen LogP contribution in [0.2, 0.25) is 0 Å². The van der Waals surface area contributed by atoms with Crippen LogP contribution in [0.25, 0.3) is 11.0 Å². The number of aryl methyl sites for hydroxylation is 1. The van der Waals surface area contributed by atoms with E-state index >= 15 is 0 Å². The van der Waals surface area contributed by atoms with E-state index in [1.165, 1.54) is 0 Å². The maximum atomic E-state index is 11.9. The van der Waals surface area contributed by atoms with E-state index in [1.807, 2.05) is 24.3 Å². The van der Waals surface area contributed by atoms with Crippen LogP contribution in [0.15, 0.2) is 30.6 Å². The lowest BCUT2D eigenvalue weighted by atomic mass is 10.1. The van der Waals surface area contributed by atoms with Crippen LogP contribution in [0.1, 0.15) is 12.8 Å². The molecule has 1 N–H and O–H groups in total. The Morgan fingerprint density at radius 2 is 2.18 bits per heavy atom. The summed E-state index contributed by atoms with van der Waals surface area (Å²) in [4.78, 5) is 16.2. The fourth-order valence-corrected chi connectivity index (χ4v) is 4.54. The molecule has 2 aromatic rings. The number of carbonyl (C=O) groups is 1. The van der Waals surface area contributed by atoms with Crippen LogP contribution in [0.3, 0.4) is 0 Å². The molecule has 1 aliphatic rings. The van der Waals surface area contributed by atoms with Crippen molar-refractivity contribution in [3.05, 3.63) is 30.6 Å². The molecular formula is C15H19N3O3S. The molecule has 3 rings (SSSR count). The number of nitrogens with zero attached hydrogens (tertiary/aromatic N) is 2. The summed E-state index contributed by atoms with van der Waals surface area (Å²) in [6.07, 6.45) is 3.03. The Morgan fingerprint density at radius 1 is 1.36 bits per heavy atom. The first-order chi connectivity index (χ1) is 10.6. The van der Waals surface area contributed by atoms with Gasteiger partial charge in [0.05, 0.1) is 34.8 Å². The van der Waals surface area contributed by atoms with Crippen LogP contribution < -0.4 is 5.32 Å². The number of rotatable bonds is 5. The Bertz CT molecular complexity index is 782. The second-order valence-electron chi connectivity index (χ2n) is 5.67. The summed E-state index contributed by atoms with van der Waals surface area (Å²) in [6.45, 7) is 1.31. The molecule has 2 heterocycles. The van der Waals surface area contributed by atoms with Crippen LogP contribution in [0, 0.1) is 5.92 Å². The van der Waals surface area contributed by atoms with Crippen molar-refractivity contribution in [2.75, 3.05) is 18.1 Å². The number of imidazole rings is 1. The smallest absolute Gasteiger partial charge is 0.224 e. The van der Waals surface area contributed by atoms with Gasteiger partial charge in [0.2, 0.25) is 5.91 Å². The van der Waals surface area contributed by atoms with Gasteiger partial charge in [0.15, 0.2) is 9.84 Å². The van der Waals surface area contributed by atoms with Gasteiger partial charge in [0.1, 0.15) is 0 Å². The number of benzene rings is 1. The second kappa shape index (κ2) is 6.08. The minimum absolute atomic E-state index is 0.00894. The Morgan fingerprint density at radius 3 is 2.95 bits per heavy atom. The quantitative estimate of drug-likeness (QED) is 0.832. The number of aromatic nitrogens is 2. The first-order valence-electron chi connectivity index (χ1n) is 7.43. The zero-order chi connectivity index (χ0) is 15.6. The van der Waals surface area contributed by atoms with Gasteiger partial charge in [-0.15, -0.1) is 0 Å². The topological polar surface area (TPSA) is 81.1 Å². The van der Waals surface area contributed by atoms with Crippen molar-refractivity contribution in [1.29, 1.82) is 0 Å². The van der Waals surface area contributed by atoms with E-state index in [0.717, 1.165) is 24.0 Å². The number of para-hydroxylation sites is 2. The monoisotopic (exact) mass is 321 g/mol. The molecule has 1 amide bonds. The molecule has 1 aromatic carbocycles. The minimum Gasteiger partial charge on any atom is -0.356 e. The molecule has 1 aromatic heterocycles. The summed E-state index contributed by atoms with van der Waals surface area (Å²) in [7, 11) is -3.00. The average molecular weight is 321 g/mol. The number of sulfone groups is 1. The highest BCUT2D eigenvalue weighted by Gasteiger charge is 2.32. The van der Waals surface area contributed by atoms with Crippen molar-refractivity contribution in [2.24, 2.45) is 5.92 Å². The molecule has 1 fully saturated rings. The summed E-state index contributed by atoms with van der Waals surface area (Å²) in [5.74, 6) is -0.396. The van der Waals surface area contributed by atoms with Crippen molar-refractivity contribution < 1.29 is 13.2 Å². The van der Waals surface area contributed by atoms with E-state index in [4.69, 9.17) is 0 Å². The maximum Gasteiger partial charge on any atom is 0.224 e. The van der Waals surface area contributed by atoms with E-state index < -0.39 is 9.84 Å². The Balaban J connectivity index is 1.47. The van der Waals surface area contributed by atoms with Crippen molar-refractivity contribution in [1.82, 2.24) is 14.9 Å². The van der Waals surface area contributed by atoms with Gasteiger partial charge in [-0.25, -0.2) is 13.4 Å². The maximum absolute atomic E-state index is 11.9. The lowest BCUT2D eigenvalue weighted by Crippen LogP contribution is -2.32. The van der Waals surface area contributed by atoms with Gasteiger partial charge in [-0.1, -0.05) is 12.1 Å². The van der Waals surface area contributed by atoms with E-state index in [9.17, 15) is 13.2 Å². The normalized spacial score (nSPS) is 20.3. The van der Waals surface area contributed by atoms with Gasteiger partial charge in [0.25, 0.3) is 0 Å². The van der Waals surface area contributed by atoms with Crippen molar-refractivity contribution in [3.63, 3.8) is 0 Å². The lowest BCUT2D eigenvalue weighted by Gasteiger charge is -2.10. The molecule has 7 heteroatoms. The predicted octanol–water partition coefficient (Wildman–Crippen LogP) is 0.977. The molecule has 1 aliphatic heterocycles. The largest absolute Gasteiger partial charge is 0.356 e. The molecule has 1 saturated heterocycles. The first-order valence-corrected chi connectivity index (χ1v) is 9.25. The third-order valence-corrected chi connectivity index (χ3v) is 5.77. The second-order valence-corrected chi connectivity index (χ2v) is 7.90. The van der Waals surface area contributed by atoms with E-state index in [2.05, 4.69) is 14.9 Å². The molecule has 6 nitrogen and oxygen atoms in total. The van der Waals surface area contributed by atoms with E-state index in [0.29, 0.717) is 13.0 Å². The third-order valence-electron chi connectivity index (χ3n) is 4.01. The summed E-state index contributed by atoms with van der Waals surface area (Å²) in [6, 6.07) is 7.91. The summed E-state index contributed by atoms with van der Waals surface area (Å²) < 4.78 is 24.8. The van der Waals surface area contributed by atoms with Gasteiger partial charge < -0.3 is 9.88 Å². The van der Waals surface area contributed by atoms with Crippen LogP contribution in [0.5, 0.6) is 0 Å². The molecule has 0 spiro atoms. The van der Waals surface area contributed by atoms with Gasteiger partial charge >= 0.3 is 0 Å². The zero-order valence-corrected chi connectivity index (χ0v) is 13.1. The van der Waals surface area contributed by atoms with E-state index in [-0.39, 0.29) is 23.3 Å². The summed E-state index contributed by atoms with van der Waals surface area (Å²) in [5.41, 5.74) is 2.04. The average Bonchev–Trinajstić information content (AvgIpc) is 3.07. The van der Waals surface area contributed by atoms with Crippen molar-refractivity contribution >= 4 is 26.8 Å². The van der Waals surface area contributed by atoms with Crippen molar-refractivity contribution in [2.45, 2.75) is 19.4 Å². The first kappa shape index (κ1) is 15.0. The highest BCUT2D eigenvalue weighted by Crippen LogP contribution is 2.18. The lowest BCUT2D eigenvalue weighted by molar-refractivity contribution is -0.124. The number of amides is 1. The molecule has 0 bridgehead atoms.